The fourth-order valence-corrected chi connectivity index (χ4v) is 2.26. The van der Waals surface area contributed by atoms with Crippen LogP contribution < -0.4 is 4.90 Å². The van der Waals surface area contributed by atoms with Gasteiger partial charge >= 0.3 is 0 Å². The highest BCUT2D eigenvalue weighted by Crippen LogP contribution is 2.30. The molecule has 0 bridgehead atoms. The summed E-state index contributed by atoms with van der Waals surface area (Å²) in [6.45, 7) is 8.61. The molecule has 3 nitrogen and oxygen atoms in total. The number of morpholine rings is 1. The summed E-state index contributed by atoms with van der Waals surface area (Å²) in [4.78, 5) is 2.28. The Hall–Kier alpha value is -1.53. The van der Waals surface area contributed by atoms with Gasteiger partial charge in [0, 0.05) is 6.54 Å². The van der Waals surface area contributed by atoms with Crippen LogP contribution in [-0.2, 0) is 4.74 Å². The zero-order valence-corrected chi connectivity index (χ0v) is 10.7. The van der Waals surface area contributed by atoms with Crippen LogP contribution in [0.4, 0.5) is 5.69 Å². The minimum Gasteiger partial charge on any atom is -0.377 e. The smallest absolute Gasteiger partial charge is 0.101 e. The third kappa shape index (κ3) is 2.27. The number of aryl methyl sites for hydroxylation is 1. The fourth-order valence-electron chi connectivity index (χ4n) is 2.26. The molecule has 0 spiro atoms. The van der Waals surface area contributed by atoms with Crippen molar-refractivity contribution < 1.29 is 4.74 Å². The monoisotopic (exact) mass is 230 g/mol. The second-order valence-corrected chi connectivity index (χ2v) is 5.15. The van der Waals surface area contributed by atoms with Gasteiger partial charge in [-0.3, -0.25) is 0 Å². The summed E-state index contributed by atoms with van der Waals surface area (Å²) >= 11 is 0. The van der Waals surface area contributed by atoms with Gasteiger partial charge < -0.3 is 9.64 Å². The van der Waals surface area contributed by atoms with Crippen LogP contribution in [0.2, 0.25) is 0 Å². The molecule has 1 aromatic carbocycles. The van der Waals surface area contributed by atoms with E-state index in [1.165, 1.54) is 5.56 Å². The van der Waals surface area contributed by atoms with E-state index in [4.69, 9.17) is 4.74 Å². The van der Waals surface area contributed by atoms with E-state index in [1.807, 2.05) is 12.1 Å². The van der Waals surface area contributed by atoms with Crippen molar-refractivity contribution in [2.75, 3.05) is 24.7 Å². The Morgan fingerprint density at radius 2 is 2.18 bits per heavy atom. The first-order chi connectivity index (χ1) is 8.04. The molecule has 0 saturated carbocycles. The molecule has 1 fully saturated rings. The average Bonchev–Trinajstić information content (AvgIpc) is 2.28. The Morgan fingerprint density at radius 1 is 1.41 bits per heavy atom. The van der Waals surface area contributed by atoms with Gasteiger partial charge in [-0.05, 0) is 38.5 Å². The van der Waals surface area contributed by atoms with Gasteiger partial charge in [-0.2, -0.15) is 5.26 Å². The lowest BCUT2D eigenvalue weighted by molar-refractivity contribution is 0.0644. The largest absolute Gasteiger partial charge is 0.377 e. The van der Waals surface area contributed by atoms with E-state index < -0.39 is 0 Å². The third-order valence-corrected chi connectivity index (χ3v) is 3.21. The summed E-state index contributed by atoms with van der Waals surface area (Å²) in [5.74, 6) is 0. The SMILES string of the molecule is Cc1ccc(C#N)c(N2CCOCC2(C)C)c1. The number of hydrogen-bond acceptors (Lipinski definition) is 3. The van der Waals surface area contributed by atoms with Crippen LogP contribution in [0, 0.1) is 18.3 Å². The number of hydrogen-bond donors (Lipinski definition) is 0. The molecular weight excluding hydrogens is 212 g/mol. The van der Waals surface area contributed by atoms with Crippen molar-refractivity contribution in [2.24, 2.45) is 0 Å². The number of nitrogens with zero attached hydrogens (tertiary/aromatic N) is 2. The van der Waals surface area contributed by atoms with Gasteiger partial charge in [-0.15, -0.1) is 0 Å². The van der Waals surface area contributed by atoms with E-state index in [9.17, 15) is 5.26 Å². The minimum absolute atomic E-state index is 0.0579. The van der Waals surface area contributed by atoms with E-state index in [0.29, 0.717) is 6.61 Å². The highest BCUT2D eigenvalue weighted by Gasteiger charge is 2.31. The zero-order valence-electron chi connectivity index (χ0n) is 10.7. The molecule has 0 aliphatic carbocycles. The number of ether oxygens (including phenoxy) is 1. The minimum atomic E-state index is -0.0579. The molecular formula is C14H18N2O. The molecule has 1 aromatic rings. The summed E-state index contributed by atoms with van der Waals surface area (Å²) in [6, 6.07) is 8.24. The lowest BCUT2D eigenvalue weighted by atomic mass is 9.99. The van der Waals surface area contributed by atoms with Crippen molar-refractivity contribution in [3.05, 3.63) is 29.3 Å². The van der Waals surface area contributed by atoms with Crippen LogP contribution >= 0.6 is 0 Å². The predicted molar refractivity (Wildman–Crippen MR) is 68.1 cm³/mol. The molecule has 90 valence electrons. The van der Waals surface area contributed by atoms with Crippen LogP contribution in [0.1, 0.15) is 25.0 Å². The summed E-state index contributed by atoms with van der Waals surface area (Å²) in [7, 11) is 0. The van der Waals surface area contributed by atoms with Gasteiger partial charge in [-0.1, -0.05) is 6.07 Å². The van der Waals surface area contributed by atoms with Crippen molar-refractivity contribution in [2.45, 2.75) is 26.3 Å². The molecule has 0 aromatic heterocycles. The van der Waals surface area contributed by atoms with Crippen molar-refractivity contribution in [3.8, 4) is 6.07 Å². The fraction of sp³-hybridized carbons (Fsp3) is 0.500. The van der Waals surface area contributed by atoms with Crippen LogP contribution in [0.5, 0.6) is 0 Å². The Kier molecular flexibility index (Phi) is 3.08. The lowest BCUT2D eigenvalue weighted by Crippen LogP contribution is -2.53. The van der Waals surface area contributed by atoms with E-state index in [2.05, 4.69) is 37.8 Å². The highest BCUT2D eigenvalue weighted by molar-refractivity contribution is 5.62. The van der Waals surface area contributed by atoms with E-state index in [0.717, 1.165) is 24.4 Å². The standard InChI is InChI=1S/C14H18N2O/c1-11-4-5-12(9-15)13(8-11)16-6-7-17-10-14(16,2)3/h4-5,8H,6-7,10H2,1-3H3. The quantitative estimate of drug-likeness (QED) is 0.743. The molecule has 2 rings (SSSR count). The maximum atomic E-state index is 9.20. The summed E-state index contributed by atoms with van der Waals surface area (Å²) < 4.78 is 5.52. The molecule has 17 heavy (non-hydrogen) atoms. The molecule has 0 atom stereocenters. The van der Waals surface area contributed by atoms with Gasteiger partial charge in [0.05, 0.1) is 30.0 Å². The Morgan fingerprint density at radius 3 is 2.82 bits per heavy atom. The second-order valence-electron chi connectivity index (χ2n) is 5.15. The summed E-state index contributed by atoms with van der Waals surface area (Å²) in [5.41, 5.74) is 2.89. The number of benzene rings is 1. The summed E-state index contributed by atoms with van der Waals surface area (Å²) in [6.07, 6.45) is 0. The topological polar surface area (TPSA) is 36.3 Å². The number of anilines is 1. The maximum absolute atomic E-state index is 9.20. The summed E-state index contributed by atoms with van der Waals surface area (Å²) in [5, 5.41) is 9.20. The number of rotatable bonds is 1. The molecule has 1 aliphatic rings. The van der Waals surface area contributed by atoms with Crippen molar-refractivity contribution in [1.82, 2.24) is 0 Å². The first-order valence-electron chi connectivity index (χ1n) is 5.91. The third-order valence-electron chi connectivity index (χ3n) is 3.21. The van der Waals surface area contributed by atoms with Crippen molar-refractivity contribution in [3.63, 3.8) is 0 Å². The van der Waals surface area contributed by atoms with Gasteiger partial charge in [-0.25, -0.2) is 0 Å². The lowest BCUT2D eigenvalue weighted by Gasteiger charge is -2.44. The normalized spacial score (nSPS) is 18.8. The second kappa shape index (κ2) is 4.38. The van der Waals surface area contributed by atoms with Gasteiger partial charge in [0.2, 0.25) is 0 Å². The average molecular weight is 230 g/mol. The first kappa shape index (κ1) is 11.9. The Balaban J connectivity index is 2.45. The Bertz CT molecular complexity index is 460. The molecule has 1 aliphatic heterocycles. The molecule has 1 heterocycles. The van der Waals surface area contributed by atoms with Crippen molar-refractivity contribution >= 4 is 5.69 Å². The van der Waals surface area contributed by atoms with Gasteiger partial charge in [0.15, 0.2) is 0 Å². The molecule has 1 saturated heterocycles. The predicted octanol–water partition coefficient (Wildman–Crippen LogP) is 2.48. The first-order valence-corrected chi connectivity index (χ1v) is 5.91. The van der Waals surface area contributed by atoms with Gasteiger partial charge in [0.25, 0.3) is 0 Å². The van der Waals surface area contributed by atoms with Crippen molar-refractivity contribution in [1.29, 1.82) is 5.26 Å². The molecule has 3 heteroatoms. The van der Waals surface area contributed by atoms with E-state index in [1.54, 1.807) is 0 Å². The van der Waals surface area contributed by atoms with E-state index >= 15 is 0 Å². The van der Waals surface area contributed by atoms with Crippen LogP contribution in [0.15, 0.2) is 18.2 Å². The zero-order chi connectivity index (χ0) is 12.5. The van der Waals surface area contributed by atoms with Crippen LogP contribution in [-0.4, -0.2) is 25.3 Å². The van der Waals surface area contributed by atoms with Gasteiger partial charge in [0.1, 0.15) is 6.07 Å². The van der Waals surface area contributed by atoms with Crippen LogP contribution in [0.25, 0.3) is 0 Å². The molecule has 0 N–H and O–H groups in total. The molecule has 0 radical (unpaired) electrons. The highest BCUT2D eigenvalue weighted by atomic mass is 16.5. The molecule has 0 unspecified atom stereocenters. The molecule has 0 amide bonds. The number of nitriles is 1. The van der Waals surface area contributed by atoms with E-state index in [-0.39, 0.29) is 5.54 Å². The van der Waals surface area contributed by atoms with Crippen LogP contribution in [0.3, 0.4) is 0 Å². The maximum Gasteiger partial charge on any atom is 0.101 e. The Labute approximate surface area is 103 Å².